The molecule has 1 amide bonds. The smallest absolute Gasteiger partial charge is 0.247 e. The van der Waals surface area contributed by atoms with Crippen molar-refractivity contribution in [1.29, 1.82) is 5.26 Å². The van der Waals surface area contributed by atoms with Crippen molar-refractivity contribution in [2.24, 2.45) is 17.6 Å². The highest BCUT2D eigenvalue weighted by atomic mass is 16.5. The number of fused-ring (bicyclic) bond motifs is 1. The third-order valence-corrected chi connectivity index (χ3v) is 6.21. The minimum absolute atomic E-state index is 0.424. The number of hydrogen-bond acceptors (Lipinski definition) is 6. The molecule has 0 radical (unpaired) electrons. The summed E-state index contributed by atoms with van der Waals surface area (Å²) in [6.07, 6.45) is 2.91. The molecule has 4 rings (SSSR count). The number of nitrogens with one attached hydrogen (secondary N) is 1. The molecule has 2 unspecified atom stereocenters. The Kier molecular flexibility index (Phi) is 5.32. The fourth-order valence-corrected chi connectivity index (χ4v) is 4.25. The summed E-state index contributed by atoms with van der Waals surface area (Å²) in [5.74, 6) is 1.09. The Hall–Kier alpha value is -3.53. The number of nitriles is 1. The molecule has 2 heterocycles. The molecule has 1 aromatic heterocycles. The first kappa shape index (κ1) is 20.7. The van der Waals surface area contributed by atoms with E-state index in [-0.39, 0.29) is 0 Å². The Morgan fingerprint density at radius 3 is 2.74 bits per heavy atom. The minimum Gasteiger partial charge on any atom is -0.496 e. The molecule has 3 atom stereocenters. The number of aryl methyl sites for hydroxylation is 1. The van der Waals surface area contributed by atoms with Gasteiger partial charge < -0.3 is 20.5 Å². The van der Waals surface area contributed by atoms with E-state index in [2.05, 4.69) is 23.3 Å². The van der Waals surface area contributed by atoms with Gasteiger partial charge in [0.15, 0.2) is 0 Å². The topological polar surface area (TPSA) is 110 Å². The van der Waals surface area contributed by atoms with E-state index in [4.69, 9.17) is 15.2 Å². The third kappa shape index (κ3) is 3.70. The van der Waals surface area contributed by atoms with E-state index in [0.717, 1.165) is 28.8 Å². The summed E-state index contributed by atoms with van der Waals surface area (Å²) in [6, 6.07) is 7.31. The molecule has 7 nitrogen and oxygen atoms in total. The predicted octanol–water partition coefficient (Wildman–Crippen LogP) is 3.62. The lowest BCUT2D eigenvalue weighted by atomic mass is 9.79. The number of allylic oxidation sites excluding steroid dienone is 1. The van der Waals surface area contributed by atoms with Crippen molar-refractivity contribution in [3.63, 3.8) is 0 Å². The van der Waals surface area contributed by atoms with Crippen LogP contribution in [0.3, 0.4) is 0 Å². The largest absolute Gasteiger partial charge is 0.496 e. The van der Waals surface area contributed by atoms with Gasteiger partial charge in [-0.3, -0.25) is 4.79 Å². The van der Waals surface area contributed by atoms with Gasteiger partial charge in [-0.1, -0.05) is 13.0 Å². The lowest BCUT2D eigenvalue weighted by molar-refractivity contribution is -0.114. The zero-order chi connectivity index (χ0) is 22.3. The molecule has 0 bridgehead atoms. The Morgan fingerprint density at radius 1 is 1.39 bits per heavy atom. The first-order valence-electron chi connectivity index (χ1n) is 10.3. The number of nitrogens with zero attached hydrogens (tertiary/aromatic N) is 2. The van der Waals surface area contributed by atoms with Gasteiger partial charge in [-0.2, -0.15) is 5.26 Å². The van der Waals surface area contributed by atoms with E-state index in [1.807, 2.05) is 19.9 Å². The van der Waals surface area contributed by atoms with Crippen LogP contribution >= 0.6 is 0 Å². The molecule has 160 valence electrons. The van der Waals surface area contributed by atoms with Crippen LogP contribution in [-0.4, -0.2) is 24.6 Å². The number of carbonyl (C=O) groups is 1. The number of benzene rings is 1. The quantitative estimate of drug-likeness (QED) is 0.741. The fraction of sp³-hybridized carbons (Fsp3) is 0.375. The van der Waals surface area contributed by atoms with E-state index in [9.17, 15) is 10.1 Å². The van der Waals surface area contributed by atoms with Crippen LogP contribution in [0.5, 0.6) is 11.6 Å². The second-order valence-corrected chi connectivity index (χ2v) is 8.35. The molecule has 1 fully saturated rings. The van der Waals surface area contributed by atoms with Gasteiger partial charge in [0.1, 0.15) is 5.75 Å². The number of pyridine rings is 1. The Bertz CT molecular complexity index is 1130. The molecule has 1 aromatic carbocycles. The van der Waals surface area contributed by atoms with Crippen molar-refractivity contribution in [3.8, 4) is 17.7 Å². The average Bonchev–Trinajstić information content (AvgIpc) is 3.47. The number of aromatic nitrogens is 1. The number of primary amides is 1. The van der Waals surface area contributed by atoms with Crippen LogP contribution < -0.4 is 20.5 Å². The van der Waals surface area contributed by atoms with E-state index >= 15 is 0 Å². The molecule has 1 aliphatic heterocycles. The summed E-state index contributed by atoms with van der Waals surface area (Å²) < 4.78 is 11.8. The number of rotatable bonds is 6. The monoisotopic (exact) mass is 418 g/mol. The summed E-state index contributed by atoms with van der Waals surface area (Å²) in [6.45, 7) is 6.57. The summed E-state index contributed by atoms with van der Waals surface area (Å²) in [4.78, 5) is 17.1. The molecule has 2 aromatic rings. The van der Waals surface area contributed by atoms with Crippen LogP contribution in [0.2, 0.25) is 0 Å². The fourth-order valence-electron chi connectivity index (χ4n) is 4.25. The zero-order valence-electron chi connectivity index (χ0n) is 18.2. The van der Waals surface area contributed by atoms with Gasteiger partial charge >= 0.3 is 0 Å². The van der Waals surface area contributed by atoms with Crippen LogP contribution in [-0.2, 0) is 4.79 Å². The molecule has 2 aliphatic rings. The first-order chi connectivity index (χ1) is 14.8. The number of hydrogen-bond donors (Lipinski definition) is 2. The molecule has 0 saturated heterocycles. The number of ether oxygens (including phenoxy) is 2. The molecule has 31 heavy (non-hydrogen) atoms. The van der Waals surface area contributed by atoms with E-state index in [1.165, 1.54) is 0 Å². The molecule has 0 spiro atoms. The van der Waals surface area contributed by atoms with Gasteiger partial charge in [0.2, 0.25) is 11.8 Å². The van der Waals surface area contributed by atoms with Gasteiger partial charge in [0.05, 0.1) is 42.5 Å². The molecule has 1 aliphatic carbocycles. The van der Waals surface area contributed by atoms with E-state index in [1.54, 1.807) is 25.4 Å². The summed E-state index contributed by atoms with van der Waals surface area (Å²) in [5.41, 5.74) is 10.7. The van der Waals surface area contributed by atoms with Crippen LogP contribution in [0.25, 0.3) is 0 Å². The maximum Gasteiger partial charge on any atom is 0.247 e. The highest BCUT2D eigenvalue weighted by Crippen LogP contribution is 2.49. The number of amides is 1. The standard InChI is InChI=1S/C24H26N4O3/c1-12-7-16(12)11-31-24-21-20(17-6-5-15(9-25)8-18(17)30-4)19(23(26)29)14(3)28-22(21)13(2)10-27-24/h5-6,8,10,12,16,20,28H,7,11H2,1-4H3,(H2,26,29)/t12?,16?,20-/m0/s1. The van der Waals surface area contributed by atoms with Crippen molar-refractivity contribution in [3.05, 3.63) is 57.9 Å². The molecule has 7 heteroatoms. The van der Waals surface area contributed by atoms with Crippen molar-refractivity contribution in [2.75, 3.05) is 19.0 Å². The van der Waals surface area contributed by atoms with Crippen molar-refractivity contribution in [1.82, 2.24) is 4.98 Å². The summed E-state index contributed by atoms with van der Waals surface area (Å²) in [5, 5.41) is 12.6. The number of methoxy groups -OCH3 is 1. The normalized spacial score (nSPS) is 21.6. The Morgan fingerprint density at radius 2 is 2.13 bits per heavy atom. The van der Waals surface area contributed by atoms with Crippen molar-refractivity contribution >= 4 is 11.6 Å². The highest BCUT2D eigenvalue weighted by Gasteiger charge is 2.38. The summed E-state index contributed by atoms with van der Waals surface area (Å²) in [7, 11) is 1.54. The van der Waals surface area contributed by atoms with Gasteiger partial charge in [-0.05, 0) is 49.8 Å². The minimum atomic E-state index is -0.532. The molecule has 3 N–H and O–H groups in total. The van der Waals surface area contributed by atoms with Crippen LogP contribution in [0.1, 0.15) is 48.4 Å². The SMILES string of the molecule is COc1cc(C#N)ccc1[C@H]1C(C(N)=O)=C(C)Nc2c(C)cnc(OCC3CC3C)c21. The van der Waals surface area contributed by atoms with Crippen LogP contribution in [0.15, 0.2) is 35.7 Å². The lowest BCUT2D eigenvalue weighted by Gasteiger charge is -2.32. The number of anilines is 1. The summed E-state index contributed by atoms with van der Waals surface area (Å²) >= 11 is 0. The maximum atomic E-state index is 12.6. The van der Waals surface area contributed by atoms with Crippen molar-refractivity contribution < 1.29 is 14.3 Å². The van der Waals surface area contributed by atoms with Gasteiger partial charge in [-0.25, -0.2) is 4.98 Å². The Labute approximate surface area is 181 Å². The number of nitrogens with two attached hydrogens (primary N) is 1. The third-order valence-electron chi connectivity index (χ3n) is 6.21. The first-order valence-corrected chi connectivity index (χ1v) is 10.3. The van der Waals surface area contributed by atoms with E-state index < -0.39 is 11.8 Å². The molecular weight excluding hydrogens is 392 g/mol. The molecular formula is C24H26N4O3. The second-order valence-electron chi connectivity index (χ2n) is 8.35. The lowest BCUT2D eigenvalue weighted by Crippen LogP contribution is -2.29. The molecule has 1 saturated carbocycles. The van der Waals surface area contributed by atoms with Gasteiger partial charge in [-0.15, -0.1) is 0 Å². The second kappa shape index (κ2) is 7.95. The number of carbonyl (C=O) groups excluding carboxylic acids is 1. The average molecular weight is 418 g/mol. The predicted molar refractivity (Wildman–Crippen MR) is 117 cm³/mol. The van der Waals surface area contributed by atoms with Crippen LogP contribution in [0, 0.1) is 30.1 Å². The van der Waals surface area contributed by atoms with Gasteiger partial charge in [0, 0.05) is 23.0 Å². The Balaban J connectivity index is 1.92. The van der Waals surface area contributed by atoms with E-state index in [0.29, 0.717) is 46.9 Å². The highest BCUT2D eigenvalue weighted by molar-refractivity contribution is 5.98. The van der Waals surface area contributed by atoms with Crippen molar-refractivity contribution in [2.45, 2.75) is 33.1 Å². The maximum absolute atomic E-state index is 12.6. The zero-order valence-corrected chi connectivity index (χ0v) is 18.2. The van der Waals surface area contributed by atoms with Gasteiger partial charge in [0.25, 0.3) is 0 Å². The van der Waals surface area contributed by atoms with Crippen LogP contribution in [0.4, 0.5) is 5.69 Å².